The molecule has 138 valence electrons. The van der Waals surface area contributed by atoms with Crippen molar-refractivity contribution in [2.45, 2.75) is 25.4 Å². The number of carbonyl (C=O) groups excluding carboxylic acids is 1. The Labute approximate surface area is 156 Å². The normalized spacial score (nSPS) is 19.8. The van der Waals surface area contributed by atoms with E-state index in [2.05, 4.69) is 4.90 Å². The molecule has 1 amide bonds. The van der Waals surface area contributed by atoms with Crippen LogP contribution in [0, 0.1) is 5.82 Å². The Balaban J connectivity index is 1.47. The predicted octanol–water partition coefficient (Wildman–Crippen LogP) is 3.17. The largest absolute Gasteiger partial charge is 0.371 e. The quantitative estimate of drug-likeness (QED) is 0.809. The van der Waals surface area contributed by atoms with Gasteiger partial charge in [-0.3, -0.25) is 4.79 Å². The van der Waals surface area contributed by atoms with Crippen molar-refractivity contribution in [3.8, 4) is 11.3 Å². The SMILES string of the molecule is CC(=O)N1CCC2(CC1)CN(c1nc(-c3ccc(F)cc3)cs1)CCO2. The van der Waals surface area contributed by atoms with Crippen LogP contribution >= 0.6 is 11.3 Å². The number of aromatic nitrogens is 1. The summed E-state index contributed by atoms with van der Waals surface area (Å²) in [6.07, 6.45) is 1.72. The van der Waals surface area contributed by atoms with Crippen LogP contribution in [-0.4, -0.2) is 54.2 Å². The number of morpholine rings is 1. The van der Waals surface area contributed by atoms with Gasteiger partial charge >= 0.3 is 0 Å². The molecule has 0 N–H and O–H groups in total. The van der Waals surface area contributed by atoms with Crippen molar-refractivity contribution in [2.24, 2.45) is 0 Å². The number of piperidine rings is 1. The van der Waals surface area contributed by atoms with Crippen LogP contribution in [0.15, 0.2) is 29.6 Å². The van der Waals surface area contributed by atoms with Crippen LogP contribution in [0.2, 0.25) is 0 Å². The molecule has 0 saturated carbocycles. The molecule has 1 aromatic heterocycles. The molecule has 1 aromatic carbocycles. The first kappa shape index (κ1) is 17.4. The molecule has 1 spiro atoms. The lowest BCUT2D eigenvalue weighted by Gasteiger charge is -2.47. The standard InChI is InChI=1S/C19H22FN3O2S/c1-14(24)22-8-6-19(7-9-22)13-23(10-11-25-19)18-21-17(12-26-18)15-2-4-16(20)5-3-15/h2-5,12H,6-11,13H2,1H3. The summed E-state index contributed by atoms with van der Waals surface area (Å²) in [5.41, 5.74) is 1.61. The van der Waals surface area contributed by atoms with Gasteiger partial charge in [-0.2, -0.15) is 0 Å². The third kappa shape index (κ3) is 3.46. The van der Waals surface area contributed by atoms with Gasteiger partial charge in [0.15, 0.2) is 5.13 Å². The van der Waals surface area contributed by atoms with E-state index in [4.69, 9.17) is 9.72 Å². The number of likely N-dealkylation sites (tertiary alicyclic amines) is 1. The molecule has 5 nitrogen and oxygen atoms in total. The van der Waals surface area contributed by atoms with Crippen LogP contribution in [0.25, 0.3) is 11.3 Å². The Hall–Kier alpha value is -1.99. The zero-order valence-electron chi connectivity index (χ0n) is 14.8. The number of anilines is 1. The van der Waals surface area contributed by atoms with E-state index in [0.717, 1.165) is 55.4 Å². The van der Waals surface area contributed by atoms with Gasteiger partial charge in [0, 0.05) is 44.0 Å². The Bertz CT molecular complexity index is 784. The molecule has 2 aliphatic heterocycles. The fourth-order valence-corrected chi connectivity index (χ4v) is 4.56. The van der Waals surface area contributed by atoms with E-state index in [9.17, 15) is 9.18 Å². The second-order valence-corrected chi connectivity index (χ2v) is 7.82. The molecule has 2 saturated heterocycles. The maximum absolute atomic E-state index is 13.1. The highest BCUT2D eigenvalue weighted by molar-refractivity contribution is 7.14. The molecule has 2 aromatic rings. The lowest BCUT2D eigenvalue weighted by atomic mass is 9.89. The molecule has 3 heterocycles. The number of thiazole rings is 1. The van der Waals surface area contributed by atoms with Crippen molar-refractivity contribution in [2.75, 3.05) is 37.7 Å². The van der Waals surface area contributed by atoms with E-state index < -0.39 is 0 Å². The Kier molecular flexibility index (Phi) is 4.67. The average molecular weight is 375 g/mol. The first-order valence-corrected chi connectivity index (χ1v) is 9.79. The van der Waals surface area contributed by atoms with Crippen LogP contribution in [0.5, 0.6) is 0 Å². The zero-order chi connectivity index (χ0) is 18.1. The van der Waals surface area contributed by atoms with E-state index in [-0.39, 0.29) is 17.3 Å². The summed E-state index contributed by atoms with van der Waals surface area (Å²) < 4.78 is 19.3. The summed E-state index contributed by atoms with van der Waals surface area (Å²) in [7, 11) is 0. The monoisotopic (exact) mass is 375 g/mol. The Morgan fingerprint density at radius 3 is 2.65 bits per heavy atom. The molecule has 2 aliphatic rings. The zero-order valence-corrected chi connectivity index (χ0v) is 15.6. The van der Waals surface area contributed by atoms with Crippen LogP contribution in [0.1, 0.15) is 19.8 Å². The van der Waals surface area contributed by atoms with Gasteiger partial charge < -0.3 is 14.5 Å². The topological polar surface area (TPSA) is 45.7 Å². The summed E-state index contributed by atoms with van der Waals surface area (Å²) in [5, 5.41) is 2.99. The molecule has 26 heavy (non-hydrogen) atoms. The number of halogens is 1. The second-order valence-electron chi connectivity index (χ2n) is 6.98. The molecule has 0 bridgehead atoms. The summed E-state index contributed by atoms with van der Waals surface area (Å²) in [5.74, 6) is -0.104. The summed E-state index contributed by atoms with van der Waals surface area (Å²) in [6.45, 7) is 5.41. The van der Waals surface area contributed by atoms with E-state index in [1.54, 1.807) is 30.4 Å². The van der Waals surface area contributed by atoms with Crippen molar-refractivity contribution >= 4 is 22.4 Å². The molecule has 2 fully saturated rings. The van der Waals surface area contributed by atoms with Crippen molar-refractivity contribution < 1.29 is 13.9 Å². The second kappa shape index (κ2) is 6.96. The predicted molar refractivity (Wildman–Crippen MR) is 99.9 cm³/mol. The van der Waals surface area contributed by atoms with E-state index in [0.29, 0.717) is 6.61 Å². The van der Waals surface area contributed by atoms with Crippen LogP contribution in [0.4, 0.5) is 9.52 Å². The number of hydrogen-bond acceptors (Lipinski definition) is 5. The minimum atomic E-state index is -0.240. The van der Waals surface area contributed by atoms with E-state index >= 15 is 0 Å². The third-order valence-corrected chi connectivity index (χ3v) is 6.17. The number of benzene rings is 1. The summed E-state index contributed by atoms with van der Waals surface area (Å²) in [6, 6.07) is 6.43. The van der Waals surface area contributed by atoms with Gasteiger partial charge in [-0.15, -0.1) is 11.3 Å². The smallest absolute Gasteiger partial charge is 0.219 e. The van der Waals surface area contributed by atoms with Gasteiger partial charge in [0.1, 0.15) is 5.82 Å². The molecule has 4 rings (SSSR count). The molecule has 0 radical (unpaired) electrons. The van der Waals surface area contributed by atoms with Crippen LogP contribution in [-0.2, 0) is 9.53 Å². The van der Waals surface area contributed by atoms with Gasteiger partial charge in [0.2, 0.25) is 5.91 Å². The average Bonchev–Trinajstić information content (AvgIpc) is 3.13. The van der Waals surface area contributed by atoms with Gasteiger partial charge in [0.05, 0.1) is 17.9 Å². The number of nitrogens with zero attached hydrogens (tertiary/aromatic N) is 3. The van der Waals surface area contributed by atoms with E-state index in [1.807, 2.05) is 10.3 Å². The Morgan fingerprint density at radius 2 is 1.96 bits per heavy atom. The lowest BCUT2D eigenvalue weighted by molar-refractivity contribution is -0.137. The van der Waals surface area contributed by atoms with Gasteiger partial charge in [0.25, 0.3) is 0 Å². The summed E-state index contributed by atoms with van der Waals surface area (Å²) in [4.78, 5) is 20.5. The highest BCUT2D eigenvalue weighted by Crippen LogP contribution is 2.34. The molecule has 7 heteroatoms. The minimum absolute atomic E-state index is 0.136. The third-order valence-electron chi connectivity index (χ3n) is 5.27. The van der Waals surface area contributed by atoms with Crippen molar-refractivity contribution in [3.05, 3.63) is 35.5 Å². The molecule has 0 unspecified atom stereocenters. The fourth-order valence-electron chi connectivity index (χ4n) is 3.70. The first-order valence-electron chi connectivity index (χ1n) is 8.91. The number of rotatable bonds is 2. The molecular formula is C19H22FN3O2S. The van der Waals surface area contributed by atoms with Gasteiger partial charge in [-0.1, -0.05) is 0 Å². The highest BCUT2D eigenvalue weighted by atomic mass is 32.1. The molecule has 0 atom stereocenters. The Morgan fingerprint density at radius 1 is 1.23 bits per heavy atom. The molecule has 0 aliphatic carbocycles. The number of amides is 1. The van der Waals surface area contributed by atoms with Crippen LogP contribution in [0.3, 0.4) is 0 Å². The minimum Gasteiger partial charge on any atom is -0.371 e. The fraction of sp³-hybridized carbons (Fsp3) is 0.474. The molecular weight excluding hydrogens is 353 g/mol. The van der Waals surface area contributed by atoms with Gasteiger partial charge in [-0.25, -0.2) is 9.37 Å². The van der Waals surface area contributed by atoms with Gasteiger partial charge in [-0.05, 0) is 37.1 Å². The maximum atomic E-state index is 13.1. The maximum Gasteiger partial charge on any atom is 0.219 e. The number of hydrogen-bond donors (Lipinski definition) is 0. The van der Waals surface area contributed by atoms with Crippen molar-refractivity contribution in [3.63, 3.8) is 0 Å². The van der Waals surface area contributed by atoms with Crippen molar-refractivity contribution in [1.82, 2.24) is 9.88 Å². The number of carbonyl (C=O) groups is 1. The highest BCUT2D eigenvalue weighted by Gasteiger charge is 2.40. The summed E-state index contributed by atoms with van der Waals surface area (Å²) >= 11 is 1.61. The van der Waals surface area contributed by atoms with Crippen LogP contribution < -0.4 is 4.90 Å². The van der Waals surface area contributed by atoms with E-state index in [1.165, 1.54) is 12.1 Å². The van der Waals surface area contributed by atoms with Crippen molar-refractivity contribution in [1.29, 1.82) is 0 Å². The first-order chi connectivity index (χ1) is 12.5. The lowest BCUT2D eigenvalue weighted by Crippen LogP contribution is -2.57. The number of ether oxygens (including phenoxy) is 1.